The fourth-order valence-electron chi connectivity index (χ4n) is 8.30. The fourth-order valence-corrected chi connectivity index (χ4v) is 46.0. The summed E-state index contributed by atoms with van der Waals surface area (Å²) in [6, 6.07) is 14.6. The van der Waals surface area contributed by atoms with Crippen LogP contribution in [0.5, 0.6) is 0 Å². The van der Waals surface area contributed by atoms with E-state index in [-0.39, 0.29) is 23.1 Å². The van der Waals surface area contributed by atoms with Gasteiger partial charge in [-0.05, 0) is 0 Å². The van der Waals surface area contributed by atoms with Crippen LogP contribution in [0.1, 0.15) is 135 Å². The summed E-state index contributed by atoms with van der Waals surface area (Å²) in [6.45, 7) is 19.1. The maximum absolute atomic E-state index is 8.71. The van der Waals surface area contributed by atoms with Crippen LogP contribution in [-0.4, -0.2) is 30.6 Å². The number of rotatable bonds is 19. The molecule has 255 valence electrons. The molecule has 2 atom stereocenters. The molecule has 46 heavy (non-hydrogen) atoms. The van der Waals surface area contributed by atoms with Gasteiger partial charge >= 0.3 is 298 Å². The molecule has 2 unspecified atom stereocenters. The first kappa shape index (κ1) is 39.2. The molecule has 0 aliphatic heterocycles. The van der Waals surface area contributed by atoms with E-state index in [1.54, 1.807) is 10.6 Å². The molecular weight excluding hydrogens is 733 g/mol. The van der Waals surface area contributed by atoms with Crippen molar-refractivity contribution in [2.24, 2.45) is 0 Å². The quantitative estimate of drug-likeness (QED) is 0.0981. The van der Waals surface area contributed by atoms with Gasteiger partial charge in [0, 0.05) is 0 Å². The molecule has 0 aromatic heterocycles. The van der Waals surface area contributed by atoms with E-state index in [1.165, 1.54) is 109 Å². The molecule has 0 spiro atoms. The zero-order chi connectivity index (χ0) is 33.5. The first-order chi connectivity index (χ1) is 22.1. The first-order valence-electron chi connectivity index (χ1n) is 18.9. The van der Waals surface area contributed by atoms with Gasteiger partial charge in [0.2, 0.25) is 0 Å². The Labute approximate surface area is 295 Å². The van der Waals surface area contributed by atoms with Gasteiger partial charge in [0.1, 0.15) is 0 Å². The van der Waals surface area contributed by atoms with E-state index in [1.807, 2.05) is 0 Å². The van der Waals surface area contributed by atoms with Crippen LogP contribution >= 0.6 is 32.9 Å². The van der Waals surface area contributed by atoms with Crippen LogP contribution in [0.25, 0.3) is 12.2 Å². The first-order valence-corrected chi connectivity index (χ1v) is 38.6. The molecule has 0 N–H and O–H groups in total. The van der Waals surface area contributed by atoms with Crippen molar-refractivity contribution in [1.29, 1.82) is 0 Å². The maximum atomic E-state index is 8.71. The Morgan fingerprint density at radius 3 is 1.22 bits per heavy atom. The Bertz CT molecular complexity index is 1270. The van der Waals surface area contributed by atoms with Crippen molar-refractivity contribution in [2.75, 3.05) is 24.6 Å². The third kappa shape index (κ3) is 7.70. The van der Waals surface area contributed by atoms with Gasteiger partial charge in [-0.2, -0.15) is 0 Å². The zero-order valence-electron chi connectivity index (χ0n) is 30.4. The summed E-state index contributed by atoms with van der Waals surface area (Å²) in [4.78, 5) is 0. The Morgan fingerprint density at radius 2 is 0.935 bits per heavy atom. The van der Waals surface area contributed by atoms with E-state index >= 15 is 0 Å². The number of halogens is 2. The second kappa shape index (κ2) is 17.6. The minimum absolute atomic E-state index is 0.173. The molecule has 2 aromatic rings. The Balaban J connectivity index is 1.91. The molecule has 0 saturated heterocycles. The number of unbranched alkanes of at least 4 members (excludes halogenated alkanes) is 4. The van der Waals surface area contributed by atoms with E-state index in [0.717, 1.165) is 12.8 Å². The minimum atomic E-state index is -4.68. The fraction of sp³-hybridized carbons (Fsp3) is 0.600. The standard InChI is InChI=1S/2C19H28P.C2H7Si.2ClH.Zr/c2*1-4-7-12-20(13-8-5-2)19-11-9-10-17-14-16(6-3)15-18(17)19;1-3-2;;;/h2*9-11,14-15H,4-8,12-13H2,1-3H3;3H,1-2H3;2*1H;/q;;;;;+2/p-2. The normalized spacial score (nSPS) is 18.6. The summed E-state index contributed by atoms with van der Waals surface area (Å²) in [7, 11) is 17.1. The second-order valence-corrected chi connectivity index (χ2v) is 61.8. The molecule has 0 fully saturated rings. The van der Waals surface area contributed by atoms with Gasteiger partial charge < -0.3 is 0 Å². The van der Waals surface area contributed by atoms with Crippen LogP contribution in [0.2, 0.25) is 13.1 Å². The summed E-state index contributed by atoms with van der Waals surface area (Å²) in [5.41, 5.74) is 9.12. The van der Waals surface area contributed by atoms with Crippen molar-refractivity contribution in [3.05, 3.63) is 69.8 Å². The summed E-state index contributed by atoms with van der Waals surface area (Å²) in [6.07, 6.45) is 23.1. The number of allylic oxidation sites excluding steroid dienone is 2. The van der Waals surface area contributed by atoms with E-state index in [9.17, 15) is 0 Å². The predicted octanol–water partition coefficient (Wildman–Crippen LogP) is 13.5. The van der Waals surface area contributed by atoms with E-state index in [0.29, 0.717) is 0 Å². The van der Waals surface area contributed by atoms with Gasteiger partial charge in [0.05, 0.1) is 0 Å². The Kier molecular flexibility index (Phi) is 15.0. The molecule has 0 heterocycles. The van der Waals surface area contributed by atoms with Gasteiger partial charge in [0.15, 0.2) is 0 Å². The van der Waals surface area contributed by atoms with E-state index < -0.39 is 21.5 Å². The third-order valence-corrected chi connectivity index (χ3v) is 68.5. The van der Waals surface area contributed by atoms with E-state index in [2.05, 4.69) is 103 Å². The van der Waals surface area contributed by atoms with Crippen LogP contribution in [-0.2, 0) is 15.6 Å². The summed E-state index contributed by atoms with van der Waals surface area (Å²) >= 11 is -4.68. The van der Waals surface area contributed by atoms with Gasteiger partial charge in [0.25, 0.3) is 0 Å². The molecule has 2 aromatic carbocycles. The number of hydrogen-bond donors (Lipinski definition) is 0. The molecule has 0 amide bonds. The monoisotopic (exact) mass is 793 g/mol. The average Bonchev–Trinajstić information content (AvgIpc) is 3.65. The summed E-state index contributed by atoms with van der Waals surface area (Å²) < 4.78 is 0.448. The van der Waals surface area contributed by atoms with Crippen molar-refractivity contribution >= 4 is 61.6 Å². The van der Waals surface area contributed by atoms with Gasteiger partial charge in [-0.25, -0.2) is 0 Å². The summed E-state index contributed by atoms with van der Waals surface area (Å²) in [5.74, 6) is -1.53. The molecule has 6 heteroatoms. The third-order valence-electron chi connectivity index (χ3n) is 11.1. The van der Waals surface area contributed by atoms with E-state index in [4.69, 9.17) is 17.0 Å². The Morgan fingerprint density at radius 1 is 0.587 bits per heavy atom. The van der Waals surface area contributed by atoms with Crippen LogP contribution in [0, 0.1) is 0 Å². The second-order valence-electron chi connectivity index (χ2n) is 14.3. The van der Waals surface area contributed by atoms with Gasteiger partial charge in [-0.3, -0.25) is 0 Å². The summed E-state index contributed by atoms with van der Waals surface area (Å²) in [5, 5.41) is 3.27. The van der Waals surface area contributed by atoms with Crippen molar-refractivity contribution in [3.63, 3.8) is 0 Å². The molecule has 0 saturated carbocycles. The van der Waals surface area contributed by atoms with Crippen LogP contribution < -0.4 is 10.6 Å². The number of benzene rings is 2. The molecule has 2 aliphatic rings. The predicted molar refractivity (Wildman–Crippen MR) is 218 cm³/mol. The van der Waals surface area contributed by atoms with Crippen molar-refractivity contribution in [1.82, 2.24) is 0 Å². The SMILES string of the molecule is CCCCP(CCCC)c1cccc2c1C=C(CC)[CH]2[Zr]([Cl])([Cl])([CH]1C(CC)=Cc2c1cccc2P(CCCC)CCCC)[SiH](C)C. The van der Waals surface area contributed by atoms with Crippen molar-refractivity contribution < 1.29 is 15.6 Å². The molecule has 2 aliphatic carbocycles. The number of hydrogen-bond acceptors (Lipinski definition) is 0. The molecule has 0 radical (unpaired) electrons. The molecule has 4 rings (SSSR count). The average molecular weight is 796 g/mol. The van der Waals surface area contributed by atoms with Gasteiger partial charge in [-0.15, -0.1) is 0 Å². The van der Waals surface area contributed by atoms with Crippen molar-refractivity contribution in [2.45, 2.75) is 126 Å². The Hall–Kier alpha value is 0.460. The van der Waals surface area contributed by atoms with Crippen LogP contribution in [0.15, 0.2) is 47.5 Å². The molecule has 0 nitrogen and oxygen atoms in total. The zero-order valence-corrected chi connectivity index (χ0v) is 37.3. The van der Waals surface area contributed by atoms with Crippen LogP contribution in [0.3, 0.4) is 0 Å². The molecule has 0 bridgehead atoms. The van der Waals surface area contributed by atoms with Crippen molar-refractivity contribution in [3.8, 4) is 0 Å². The number of fused-ring (bicyclic) bond motifs is 2. The topological polar surface area (TPSA) is 0 Å². The van der Waals surface area contributed by atoms with Gasteiger partial charge in [-0.1, -0.05) is 0 Å². The molecular formula is C40H63Cl2P2SiZr. The van der Waals surface area contributed by atoms with Crippen LogP contribution in [0.4, 0.5) is 0 Å².